The van der Waals surface area contributed by atoms with Crippen molar-refractivity contribution < 1.29 is 14.3 Å². The molecule has 1 aromatic rings. The molecular formula is C20H29NO3. The normalized spacial score (nSPS) is 20.8. The number of carbonyl (C=O) groups excluding carboxylic acids is 2. The highest BCUT2D eigenvalue weighted by Crippen LogP contribution is 2.26. The van der Waals surface area contributed by atoms with Gasteiger partial charge in [-0.25, -0.2) is 4.79 Å². The molecule has 0 spiro atoms. The molecule has 0 saturated carbocycles. The molecule has 0 N–H and O–H groups in total. The molecular weight excluding hydrogens is 302 g/mol. The first-order chi connectivity index (χ1) is 11.3. The molecule has 2 unspecified atom stereocenters. The highest BCUT2D eigenvalue weighted by atomic mass is 16.5. The molecule has 0 aliphatic carbocycles. The molecule has 0 aromatic heterocycles. The van der Waals surface area contributed by atoms with Gasteiger partial charge in [0.05, 0.1) is 13.0 Å². The minimum atomic E-state index is -0.438. The summed E-state index contributed by atoms with van der Waals surface area (Å²) >= 11 is 0. The Balaban J connectivity index is 2.23. The topological polar surface area (TPSA) is 46.6 Å². The third kappa shape index (κ3) is 3.97. The van der Waals surface area contributed by atoms with Crippen LogP contribution in [0.1, 0.15) is 55.4 Å². The predicted octanol–water partition coefficient (Wildman–Crippen LogP) is 3.49. The number of amides is 1. The zero-order chi connectivity index (χ0) is 17.9. The van der Waals surface area contributed by atoms with Crippen LogP contribution >= 0.6 is 0 Å². The van der Waals surface area contributed by atoms with Crippen LogP contribution in [-0.2, 0) is 20.7 Å². The average molecular weight is 331 g/mol. The summed E-state index contributed by atoms with van der Waals surface area (Å²) < 4.78 is 5.19. The SMILES string of the molecule is CCOC(=O)C1CCCC(C)N1C(=O)Cc1c(C)cc(C)cc1C. The van der Waals surface area contributed by atoms with E-state index in [9.17, 15) is 9.59 Å². The Hall–Kier alpha value is -1.84. The van der Waals surface area contributed by atoms with E-state index in [-0.39, 0.29) is 17.9 Å². The summed E-state index contributed by atoms with van der Waals surface area (Å²) in [6, 6.07) is 3.86. The van der Waals surface area contributed by atoms with Gasteiger partial charge in [-0.3, -0.25) is 4.79 Å². The van der Waals surface area contributed by atoms with Gasteiger partial charge in [0.1, 0.15) is 6.04 Å². The Kier molecular flexibility index (Phi) is 6.03. The lowest BCUT2D eigenvalue weighted by Crippen LogP contribution is -2.53. The lowest BCUT2D eigenvalue weighted by atomic mass is 9.93. The number of carbonyl (C=O) groups is 2. The van der Waals surface area contributed by atoms with Gasteiger partial charge in [0.15, 0.2) is 0 Å². The van der Waals surface area contributed by atoms with E-state index < -0.39 is 6.04 Å². The zero-order valence-electron chi connectivity index (χ0n) is 15.5. The van der Waals surface area contributed by atoms with E-state index in [1.165, 1.54) is 5.56 Å². The smallest absolute Gasteiger partial charge is 0.328 e. The van der Waals surface area contributed by atoms with Crippen LogP contribution in [0.15, 0.2) is 12.1 Å². The van der Waals surface area contributed by atoms with Gasteiger partial charge in [0.25, 0.3) is 0 Å². The minimum absolute atomic E-state index is 0.0234. The van der Waals surface area contributed by atoms with Crippen molar-refractivity contribution in [2.45, 2.75) is 72.4 Å². The molecule has 1 amide bonds. The van der Waals surface area contributed by atoms with Crippen molar-refractivity contribution in [3.8, 4) is 0 Å². The number of nitrogens with zero attached hydrogens (tertiary/aromatic N) is 1. The van der Waals surface area contributed by atoms with Gasteiger partial charge < -0.3 is 9.64 Å². The van der Waals surface area contributed by atoms with E-state index in [0.29, 0.717) is 19.4 Å². The summed E-state index contributed by atoms with van der Waals surface area (Å²) in [6.45, 7) is 10.3. The van der Waals surface area contributed by atoms with Crippen molar-refractivity contribution in [3.05, 3.63) is 34.4 Å². The fraction of sp³-hybridized carbons (Fsp3) is 0.600. The molecule has 24 heavy (non-hydrogen) atoms. The highest BCUT2D eigenvalue weighted by Gasteiger charge is 2.37. The number of likely N-dealkylation sites (tertiary alicyclic amines) is 1. The minimum Gasteiger partial charge on any atom is -0.464 e. The van der Waals surface area contributed by atoms with Gasteiger partial charge in [-0.15, -0.1) is 0 Å². The van der Waals surface area contributed by atoms with Crippen LogP contribution < -0.4 is 0 Å². The lowest BCUT2D eigenvalue weighted by molar-refractivity contribution is -0.158. The molecule has 0 radical (unpaired) electrons. The maximum atomic E-state index is 13.0. The van der Waals surface area contributed by atoms with Crippen molar-refractivity contribution >= 4 is 11.9 Å². The number of hydrogen-bond donors (Lipinski definition) is 0. The third-order valence-electron chi connectivity index (χ3n) is 4.93. The maximum Gasteiger partial charge on any atom is 0.328 e. The van der Waals surface area contributed by atoms with Crippen LogP contribution in [-0.4, -0.2) is 35.5 Å². The number of benzene rings is 1. The molecule has 1 aliphatic rings. The van der Waals surface area contributed by atoms with Crippen LogP contribution in [0, 0.1) is 20.8 Å². The van der Waals surface area contributed by atoms with E-state index >= 15 is 0 Å². The molecule has 2 rings (SSSR count). The van der Waals surface area contributed by atoms with E-state index in [2.05, 4.69) is 19.1 Å². The van der Waals surface area contributed by atoms with E-state index in [4.69, 9.17) is 4.74 Å². The Labute approximate surface area is 145 Å². The van der Waals surface area contributed by atoms with Gasteiger partial charge in [-0.1, -0.05) is 17.7 Å². The molecule has 0 bridgehead atoms. The van der Waals surface area contributed by atoms with E-state index in [0.717, 1.165) is 29.5 Å². The number of hydrogen-bond acceptors (Lipinski definition) is 3. The summed E-state index contributed by atoms with van der Waals surface area (Å²) in [5.41, 5.74) is 4.55. The molecule has 2 atom stereocenters. The second kappa shape index (κ2) is 7.82. The van der Waals surface area contributed by atoms with Crippen LogP contribution in [0.25, 0.3) is 0 Å². The fourth-order valence-corrected chi connectivity index (χ4v) is 3.81. The number of ether oxygens (including phenoxy) is 1. The molecule has 1 aromatic carbocycles. The summed E-state index contributed by atoms with van der Waals surface area (Å²) in [7, 11) is 0. The summed E-state index contributed by atoms with van der Waals surface area (Å²) in [6.07, 6.45) is 2.93. The summed E-state index contributed by atoms with van der Waals surface area (Å²) in [4.78, 5) is 27.0. The number of piperidine rings is 1. The monoisotopic (exact) mass is 331 g/mol. The van der Waals surface area contributed by atoms with Crippen LogP contribution in [0.2, 0.25) is 0 Å². The molecule has 1 heterocycles. The van der Waals surface area contributed by atoms with Crippen molar-refractivity contribution in [1.29, 1.82) is 0 Å². The summed E-state index contributed by atoms with van der Waals surface area (Å²) in [5.74, 6) is -0.245. The largest absolute Gasteiger partial charge is 0.464 e. The highest BCUT2D eigenvalue weighted by molar-refractivity contribution is 5.86. The predicted molar refractivity (Wildman–Crippen MR) is 94.9 cm³/mol. The van der Waals surface area contributed by atoms with Gasteiger partial charge >= 0.3 is 5.97 Å². The van der Waals surface area contributed by atoms with Crippen molar-refractivity contribution in [2.24, 2.45) is 0 Å². The number of aryl methyl sites for hydroxylation is 3. The zero-order valence-corrected chi connectivity index (χ0v) is 15.5. The van der Waals surface area contributed by atoms with Gasteiger partial charge in [-0.05, 0) is 70.6 Å². The Bertz CT molecular complexity index is 600. The van der Waals surface area contributed by atoms with Gasteiger partial charge in [0.2, 0.25) is 5.91 Å². The van der Waals surface area contributed by atoms with Gasteiger partial charge in [-0.2, -0.15) is 0 Å². The first-order valence-electron chi connectivity index (χ1n) is 8.89. The van der Waals surface area contributed by atoms with Crippen LogP contribution in [0.5, 0.6) is 0 Å². The molecule has 1 fully saturated rings. The quantitative estimate of drug-likeness (QED) is 0.794. The van der Waals surface area contributed by atoms with Crippen LogP contribution in [0.3, 0.4) is 0 Å². The van der Waals surface area contributed by atoms with Crippen molar-refractivity contribution in [2.75, 3.05) is 6.61 Å². The first-order valence-corrected chi connectivity index (χ1v) is 8.89. The number of rotatable bonds is 4. The Morgan fingerprint density at radius 3 is 2.38 bits per heavy atom. The first kappa shape index (κ1) is 18.5. The molecule has 1 aliphatic heterocycles. The summed E-state index contributed by atoms with van der Waals surface area (Å²) in [5, 5.41) is 0. The molecule has 4 heteroatoms. The average Bonchev–Trinajstić information content (AvgIpc) is 2.50. The maximum absolute atomic E-state index is 13.0. The van der Waals surface area contributed by atoms with E-state index in [1.54, 1.807) is 11.8 Å². The fourth-order valence-electron chi connectivity index (χ4n) is 3.81. The number of esters is 1. The molecule has 4 nitrogen and oxygen atoms in total. The lowest BCUT2D eigenvalue weighted by Gasteiger charge is -2.39. The second-order valence-corrected chi connectivity index (χ2v) is 6.90. The standard InChI is InChI=1S/C20H29NO3/c1-6-24-20(23)18-9-7-8-16(5)21(18)19(22)12-17-14(3)10-13(2)11-15(17)4/h10-11,16,18H,6-9,12H2,1-5H3. The van der Waals surface area contributed by atoms with Crippen LogP contribution in [0.4, 0.5) is 0 Å². The second-order valence-electron chi connectivity index (χ2n) is 6.90. The molecule has 132 valence electrons. The van der Waals surface area contributed by atoms with Crippen molar-refractivity contribution in [3.63, 3.8) is 0 Å². The molecule has 1 saturated heterocycles. The van der Waals surface area contributed by atoms with Crippen molar-refractivity contribution in [1.82, 2.24) is 4.90 Å². The Morgan fingerprint density at radius 1 is 1.17 bits per heavy atom. The Morgan fingerprint density at radius 2 is 1.79 bits per heavy atom. The van der Waals surface area contributed by atoms with Gasteiger partial charge in [0, 0.05) is 6.04 Å². The third-order valence-corrected chi connectivity index (χ3v) is 4.93. The van der Waals surface area contributed by atoms with E-state index in [1.807, 2.05) is 20.8 Å².